The number of allylic oxidation sites excluding steroid dienone is 1. The maximum atomic E-state index is 12.5. The highest BCUT2D eigenvalue weighted by Crippen LogP contribution is 2.56. The standard InChI is InChI=1S/C26H37O2Si/c1-18(20-15-16-22-23(27)12-9-17-25(20,22)5)13-14-19-10-7-8-11-21(19)26(6,28-29)24(2,3)4/h7-8,10-11,13-14,18,20,22H,9,12,15-17H2,1-6H3/t18-,20-,22?,25-,26?/m1/s1. The lowest BCUT2D eigenvalue weighted by Gasteiger charge is -2.42. The molecular weight excluding hydrogens is 372 g/mol. The van der Waals surface area contributed by atoms with Crippen LogP contribution < -0.4 is 0 Å². The topological polar surface area (TPSA) is 26.3 Å². The van der Waals surface area contributed by atoms with Crippen molar-refractivity contribution in [1.29, 1.82) is 0 Å². The van der Waals surface area contributed by atoms with Gasteiger partial charge in [0.05, 0.1) is 5.60 Å². The molecule has 29 heavy (non-hydrogen) atoms. The van der Waals surface area contributed by atoms with Crippen molar-refractivity contribution in [3.63, 3.8) is 0 Å². The van der Waals surface area contributed by atoms with E-state index in [0.717, 1.165) is 19.3 Å². The Kier molecular flexibility index (Phi) is 6.32. The number of carbonyl (C=O) groups is 1. The predicted octanol–water partition coefficient (Wildman–Crippen LogP) is 6.48. The molecule has 3 heteroatoms. The summed E-state index contributed by atoms with van der Waals surface area (Å²) in [4.78, 5) is 12.5. The smallest absolute Gasteiger partial charge is 0.247 e. The Morgan fingerprint density at radius 3 is 2.55 bits per heavy atom. The Bertz CT molecular complexity index is 777. The summed E-state index contributed by atoms with van der Waals surface area (Å²) in [5.74, 6) is 1.84. The Morgan fingerprint density at radius 2 is 1.90 bits per heavy atom. The van der Waals surface area contributed by atoms with Crippen molar-refractivity contribution in [2.45, 2.75) is 79.2 Å². The second-order valence-corrected chi connectivity index (χ2v) is 11.0. The average Bonchev–Trinajstić information content (AvgIpc) is 3.03. The fourth-order valence-electron chi connectivity index (χ4n) is 5.91. The molecule has 0 spiro atoms. The Morgan fingerprint density at radius 1 is 1.21 bits per heavy atom. The van der Waals surface area contributed by atoms with Crippen LogP contribution in [0.4, 0.5) is 0 Å². The lowest BCUT2D eigenvalue weighted by atomic mass is 9.62. The molecule has 2 fully saturated rings. The minimum Gasteiger partial charge on any atom is -0.409 e. The van der Waals surface area contributed by atoms with E-state index >= 15 is 0 Å². The van der Waals surface area contributed by atoms with Crippen LogP contribution in [-0.4, -0.2) is 16.3 Å². The van der Waals surface area contributed by atoms with Crippen molar-refractivity contribution >= 4 is 22.3 Å². The largest absolute Gasteiger partial charge is 0.409 e. The van der Waals surface area contributed by atoms with Crippen molar-refractivity contribution in [1.82, 2.24) is 0 Å². The van der Waals surface area contributed by atoms with Gasteiger partial charge in [-0.15, -0.1) is 0 Å². The lowest BCUT2D eigenvalue weighted by molar-refractivity contribution is -0.129. The first-order valence-corrected chi connectivity index (χ1v) is 11.6. The Hall–Kier alpha value is -1.19. The second-order valence-electron chi connectivity index (χ2n) is 10.8. The molecule has 2 unspecified atom stereocenters. The van der Waals surface area contributed by atoms with Crippen molar-refractivity contribution in [2.24, 2.45) is 28.6 Å². The van der Waals surface area contributed by atoms with Gasteiger partial charge in [0, 0.05) is 12.3 Å². The molecule has 1 aromatic rings. The first-order chi connectivity index (χ1) is 13.5. The van der Waals surface area contributed by atoms with E-state index in [1.807, 2.05) is 0 Å². The van der Waals surface area contributed by atoms with Crippen molar-refractivity contribution in [3.8, 4) is 0 Å². The van der Waals surface area contributed by atoms with Gasteiger partial charge in [-0.05, 0) is 66.4 Å². The monoisotopic (exact) mass is 409 g/mol. The van der Waals surface area contributed by atoms with Crippen LogP contribution in [0.15, 0.2) is 30.3 Å². The summed E-state index contributed by atoms with van der Waals surface area (Å²) in [6.45, 7) is 13.5. The van der Waals surface area contributed by atoms with Crippen LogP contribution in [0.25, 0.3) is 6.08 Å². The van der Waals surface area contributed by atoms with E-state index in [4.69, 9.17) is 4.43 Å². The van der Waals surface area contributed by atoms with E-state index in [-0.39, 0.29) is 16.7 Å². The van der Waals surface area contributed by atoms with Gasteiger partial charge in [-0.3, -0.25) is 4.79 Å². The first-order valence-electron chi connectivity index (χ1n) is 11.2. The van der Waals surface area contributed by atoms with E-state index < -0.39 is 5.60 Å². The number of benzene rings is 1. The van der Waals surface area contributed by atoms with E-state index in [2.05, 4.69) is 88.4 Å². The molecule has 0 bridgehead atoms. The van der Waals surface area contributed by atoms with Gasteiger partial charge in [0.1, 0.15) is 5.78 Å². The summed E-state index contributed by atoms with van der Waals surface area (Å²) in [5, 5.41) is 0. The number of hydrogen-bond acceptors (Lipinski definition) is 2. The fourth-order valence-corrected chi connectivity index (χ4v) is 6.33. The SMILES string of the molecule is C[C@H](C=Cc1ccccc1C(C)(O[Si])C(C)(C)C)[C@H]1CCC2C(=O)CCC[C@@]21C. The van der Waals surface area contributed by atoms with Crippen LogP contribution in [-0.2, 0) is 14.8 Å². The molecule has 2 saturated carbocycles. The number of rotatable bonds is 5. The van der Waals surface area contributed by atoms with Gasteiger partial charge >= 0.3 is 0 Å². The van der Waals surface area contributed by atoms with Crippen LogP contribution in [0.3, 0.4) is 0 Å². The molecule has 0 aliphatic heterocycles. The molecule has 2 aliphatic carbocycles. The molecule has 0 amide bonds. The van der Waals surface area contributed by atoms with Gasteiger partial charge in [0.2, 0.25) is 10.5 Å². The third-order valence-electron chi connectivity index (χ3n) is 8.26. The number of ketones is 1. The molecule has 5 atom stereocenters. The second kappa shape index (κ2) is 8.15. The maximum Gasteiger partial charge on any atom is 0.247 e. The minimum atomic E-state index is -0.450. The predicted molar refractivity (Wildman–Crippen MR) is 121 cm³/mol. The van der Waals surface area contributed by atoms with Gasteiger partial charge < -0.3 is 4.43 Å². The molecule has 157 valence electrons. The van der Waals surface area contributed by atoms with E-state index in [0.29, 0.717) is 17.6 Å². The number of hydrogen-bond donors (Lipinski definition) is 0. The molecule has 0 saturated heterocycles. The quantitative estimate of drug-likeness (QED) is 0.520. The average molecular weight is 410 g/mol. The third kappa shape index (κ3) is 3.93. The van der Waals surface area contributed by atoms with Gasteiger partial charge in [-0.2, -0.15) is 0 Å². The molecule has 0 heterocycles. The summed E-state index contributed by atoms with van der Waals surface area (Å²) in [7, 11) is 3.36. The highest BCUT2D eigenvalue weighted by Gasteiger charge is 2.52. The molecule has 2 aliphatic rings. The van der Waals surface area contributed by atoms with Crippen molar-refractivity contribution in [2.75, 3.05) is 0 Å². The van der Waals surface area contributed by atoms with Gasteiger partial charge in [0.15, 0.2) is 0 Å². The number of carbonyl (C=O) groups excluding carboxylic acids is 1. The summed E-state index contributed by atoms with van der Waals surface area (Å²) in [5.41, 5.74) is 2.05. The summed E-state index contributed by atoms with van der Waals surface area (Å²) >= 11 is 0. The highest BCUT2D eigenvalue weighted by molar-refractivity contribution is 5.98. The summed E-state index contributed by atoms with van der Waals surface area (Å²) in [6.07, 6.45) is 9.94. The zero-order chi connectivity index (χ0) is 21.4. The van der Waals surface area contributed by atoms with Crippen LogP contribution in [0.5, 0.6) is 0 Å². The summed E-state index contributed by atoms with van der Waals surface area (Å²) in [6, 6.07) is 8.53. The molecule has 0 aromatic heterocycles. The zero-order valence-corrected chi connectivity index (χ0v) is 20.0. The van der Waals surface area contributed by atoms with Gasteiger partial charge in [-0.25, -0.2) is 0 Å². The normalized spacial score (nSPS) is 30.9. The molecule has 3 rings (SSSR count). The number of fused-ring (bicyclic) bond motifs is 1. The van der Waals surface area contributed by atoms with Crippen LogP contribution in [0, 0.1) is 28.6 Å². The molecular formula is C26H37O2Si. The first kappa shape index (κ1) is 22.5. The Balaban J connectivity index is 1.87. The maximum absolute atomic E-state index is 12.5. The third-order valence-corrected chi connectivity index (χ3v) is 8.67. The molecule has 2 nitrogen and oxygen atoms in total. The van der Waals surface area contributed by atoms with E-state index in [1.54, 1.807) is 0 Å². The zero-order valence-electron chi connectivity index (χ0n) is 19.0. The van der Waals surface area contributed by atoms with Crippen molar-refractivity contribution in [3.05, 3.63) is 41.5 Å². The van der Waals surface area contributed by atoms with Crippen LogP contribution >= 0.6 is 0 Å². The molecule has 0 N–H and O–H groups in total. The summed E-state index contributed by atoms with van der Waals surface area (Å²) < 4.78 is 5.87. The van der Waals surface area contributed by atoms with Gasteiger partial charge in [-0.1, -0.05) is 71.0 Å². The molecule has 1 aromatic carbocycles. The van der Waals surface area contributed by atoms with Gasteiger partial charge in [0.25, 0.3) is 0 Å². The van der Waals surface area contributed by atoms with E-state index in [1.165, 1.54) is 24.0 Å². The number of Topliss-reactive ketones (excluding diaryl/α,β-unsaturated/α-hetero) is 1. The Labute approximate surface area is 181 Å². The minimum absolute atomic E-state index is 0.0705. The van der Waals surface area contributed by atoms with Crippen molar-refractivity contribution < 1.29 is 9.22 Å². The molecule has 3 radical (unpaired) electrons. The fraction of sp³-hybridized carbons (Fsp3) is 0.654. The van der Waals surface area contributed by atoms with Crippen LogP contribution in [0.1, 0.15) is 84.8 Å². The highest BCUT2D eigenvalue weighted by atomic mass is 28.2. The lowest BCUT2D eigenvalue weighted by Crippen LogP contribution is -2.40. The van der Waals surface area contributed by atoms with E-state index in [9.17, 15) is 4.79 Å². The van der Waals surface area contributed by atoms with Crippen LogP contribution in [0.2, 0.25) is 0 Å².